The number of alkyl carbamates (subject to hydrolysis) is 1. The van der Waals surface area contributed by atoms with Gasteiger partial charge in [-0.2, -0.15) is 0 Å². The molecule has 4 rings (SSSR count). The lowest BCUT2D eigenvalue weighted by Crippen LogP contribution is -2.32. The zero-order valence-electron chi connectivity index (χ0n) is 17.1. The number of amides is 1. The molecule has 0 aromatic heterocycles. The number of nitrogens with one attached hydrogen (secondary N) is 1. The first kappa shape index (κ1) is 20.7. The van der Waals surface area contributed by atoms with Gasteiger partial charge in [0.05, 0.1) is 0 Å². The third-order valence-corrected chi connectivity index (χ3v) is 5.76. The molecule has 0 saturated heterocycles. The Morgan fingerprint density at radius 2 is 1.71 bits per heavy atom. The highest BCUT2D eigenvalue weighted by Gasteiger charge is 2.29. The number of hydrogen-bond acceptors (Lipinski definition) is 4. The van der Waals surface area contributed by atoms with Crippen LogP contribution < -0.4 is 10.8 Å². The predicted octanol–water partition coefficient (Wildman–Crippen LogP) is 2.69. The van der Waals surface area contributed by atoms with E-state index in [1.807, 2.05) is 31.2 Å². The Morgan fingerprint density at radius 1 is 1.10 bits per heavy atom. The van der Waals surface area contributed by atoms with Gasteiger partial charge in [0.15, 0.2) is 0 Å². The third kappa shape index (κ3) is 4.06. The second kappa shape index (κ2) is 8.69. The Hall–Kier alpha value is -3.53. The van der Waals surface area contributed by atoms with Crippen molar-refractivity contribution in [3.63, 3.8) is 0 Å². The Morgan fingerprint density at radius 3 is 2.29 bits per heavy atom. The number of fused-ring (bicyclic) bond motifs is 3. The average molecular weight is 411 g/mol. The normalized spacial score (nSPS) is 11.9. The van der Waals surface area contributed by atoms with Crippen molar-refractivity contribution in [3.05, 3.63) is 88.5 Å². The maximum absolute atomic E-state index is 12.4. The van der Waals surface area contributed by atoms with Crippen LogP contribution in [0.5, 0.6) is 0 Å². The van der Waals surface area contributed by atoms with Gasteiger partial charge >= 0.3 is 13.2 Å². The molecule has 154 valence electrons. The Labute approximate surface area is 181 Å². The van der Waals surface area contributed by atoms with Gasteiger partial charge in [-0.15, -0.1) is 6.42 Å². The van der Waals surface area contributed by atoms with Crippen molar-refractivity contribution in [1.29, 1.82) is 0 Å². The van der Waals surface area contributed by atoms with Crippen molar-refractivity contribution in [2.24, 2.45) is 0 Å². The van der Waals surface area contributed by atoms with E-state index in [-0.39, 0.29) is 24.5 Å². The molecule has 0 unspecified atom stereocenters. The van der Waals surface area contributed by atoms with Crippen LogP contribution in [0.1, 0.15) is 33.7 Å². The Bertz CT molecular complexity index is 1140. The lowest BCUT2D eigenvalue weighted by molar-refractivity contribution is 0.142. The number of terminal acetylenes is 1. The first-order valence-corrected chi connectivity index (χ1v) is 10.0. The number of benzene rings is 3. The van der Waals surface area contributed by atoms with Gasteiger partial charge in [-0.3, -0.25) is 0 Å². The zero-order chi connectivity index (χ0) is 22.0. The molecule has 0 heterocycles. The molecule has 31 heavy (non-hydrogen) atoms. The quantitative estimate of drug-likeness (QED) is 0.446. The molecule has 0 fully saturated rings. The smallest absolute Gasteiger partial charge is 0.449 e. The van der Waals surface area contributed by atoms with Gasteiger partial charge in [0.2, 0.25) is 0 Å². The van der Waals surface area contributed by atoms with Crippen LogP contribution in [0, 0.1) is 19.3 Å². The summed E-state index contributed by atoms with van der Waals surface area (Å²) in [6.45, 7) is 2.22. The van der Waals surface area contributed by atoms with E-state index in [9.17, 15) is 14.8 Å². The van der Waals surface area contributed by atoms with Crippen LogP contribution in [0.4, 0.5) is 4.79 Å². The minimum Gasteiger partial charge on any atom is -0.449 e. The lowest BCUT2D eigenvalue weighted by atomic mass is 9.77. The molecule has 1 aliphatic rings. The Balaban J connectivity index is 1.44. The molecule has 6 heteroatoms. The summed E-state index contributed by atoms with van der Waals surface area (Å²) in [7, 11) is -1.64. The van der Waals surface area contributed by atoms with Crippen LogP contribution in [-0.4, -0.2) is 29.9 Å². The number of hydrogen-bond donors (Lipinski definition) is 3. The van der Waals surface area contributed by atoms with E-state index >= 15 is 0 Å². The fourth-order valence-corrected chi connectivity index (χ4v) is 4.10. The molecular weight excluding hydrogens is 389 g/mol. The van der Waals surface area contributed by atoms with E-state index < -0.39 is 13.2 Å². The van der Waals surface area contributed by atoms with Gasteiger partial charge in [-0.05, 0) is 51.8 Å². The highest BCUT2D eigenvalue weighted by Crippen LogP contribution is 2.44. The fraction of sp³-hybridized carbons (Fsp3) is 0.160. The summed E-state index contributed by atoms with van der Waals surface area (Å²) in [6, 6.07) is 19.5. The lowest BCUT2D eigenvalue weighted by Gasteiger charge is -2.16. The molecule has 1 aliphatic carbocycles. The molecule has 0 aliphatic heterocycles. The summed E-state index contributed by atoms with van der Waals surface area (Å²) in [5.74, 6) is 2.52. The molecule has 0 atom stereocenters. The standard InChI is InChI=1S/C25H22BNO4/c1-3-17-12-19(26(29)30)13-18(16(17)2)14-27-25(28)31-15-24-22-10-6-4-8-20(22)21-9-5-7-11-23(21)24/h1,4-13,24,29-30H,14-15H2,2H3,(H,27,28). The summed E-state index contributed by atoms with van der Waals surface area (Å²) in [5, 5.41) is 21.7. The van der Waals surface area contributed by atoms with Gasteiger partial charge in [0.25, 0.3) is 0 Å². The topological polar surface area (TPSA) is 78.8 Å². The molecule has 0 spiro atoms. The largest absolute Gasteiger partial charge is 0.488 e. The minimum atomic E-state index is -1.64. The van der Waals surface area contributed by atoms with Crippen molar-refractivity contribution in [3.8, 4) is 23.5 Å². The van der Waals surface area contributed by atoms with E-state index in [0.717, 1.165) is 16.7 Å². The highest BCUT2D eigenvalue weighted by molar-refractivity contribution is 6.58. The van der Waals surface area contributed by atoms with Crippen LogP contribution in [0.2, 0.25) is 0 Å². The van der Waals surface area contributed by atoms with Gasteiger partial charge in [-0.25, -0.2) is 4.79 Å². The van der Waals surface area contributed by atoms with Crippen molar-refractivity contribution in [1.82, 2.24) is 5.32 Å². The van der Waals surface area contributed by atoms with E-state index in [0.29, 0.717) is 11.1 Å². The molecule has 0 radical (unpaired) electrons. The van der Waals surface area contributed by atoms with Gasteiger partial charge < -0.3 is 20.1 Å². The molecule has 3 aromatic carbocycles. The SMILES string of the molecule is C#Cc1cc(B(O)O)cc(CNC(=O)OCC2c3ccccc3-c3ccccc32)c1C. The highest BCUT2D eigenvalue weighted by atomic mass is 16.5. The van der Waals surface area contributed by atoms with Crippen molar-refractivity contribution in [2.75, 3.05) is 6.61 Å². The number of carbonyl (C=O) groups is 1. The van der Waals surface area contributed by atoms with Gasteiger partial charge in [0, 0.05) is 18.0 Å². The molecule has 0 saturated carbocycles. The third-order valence-electron chi connectivity index (χ3n) is 5.76. The van der Waals surface area contributed by atoms with Crippen molar-refractivity contribution >= 4 is 18.7 Å². The average Bonchev–Trinajstić information content (AvgIpc) is 3.10. The Kier molecular flexibility index (Phi) is 5.81. The summed E-state index contributed by atoms with van der Waals surface area (Å²) >= 11 is 0. The van der Waals surface area contributed by atoms with Gasteiger partial charge in [0.1, 0.15) is 6.61 Å². The fourth-order valence-electron chi connectivity index (χ4n) is 4.10. The maximum atomic E-state index is 12.4. The van der Waals surface area contributed by atoms with E-state index in [4.69, 9.17) is 11.2 Å². The van der Waals surface area contributed by atoms with Crippen LogP contribution in [-0.2, 0) is 11.3 Å². The van der Waals surface area contributed by atoms with E-state index in [2.05, 4.69) is 35.5 Å². The van der Waals surface area contributed by atoms with E-state index in [1.165, 1.54) is 11.1 Å². The minimum absolute atomic E-state index is 0.0132. The number of rotatable bonds is 5. The van der Waals surface area contributed by atoms with Crippen LogP contribution in [0.3, 0.4) is 0 Å². The maximum Gasteiger partial charge on any atom is 0.488 e. The molecule has 3 N–H and O–H groups in total. The summed E-state index contributed by atoms with van der Waals surface area (Å²) in [5.41, 5.74) is 6.97. The van der Waals surface area contributed by atoms with Gasteiger partial charge in [-0.1, -0.05) is 60.5 Å². The molecular formula is C25H22BNO4. The van der Waals surface area contributed by atoms with Crippen LogP contribution in [0.25, 0.3) is 11.1 Å². The zero-order valence-corrected chi connectivity index (χ0v) is 17.1. The van der Waals surface area contributed by atoms with Crippen LogP contribution >= 0.6 is 0 Å². The first-order valence-electron chi connectivity index (χ1n) is 10.0. The van der Waals surface area contributed by atoms with Crippen molar-refractivity contribution < 1.29 is 19.6 Å². The summed E-state index contributed by atoms with van der Waals surface area (Å²) in [6.07, 6.45) is 4.97. The number of ether oxygens (including phenoxy) is 1. The molecule has 5 nitrogen and oxygen atoms in total. The summed E-state index contributed by atoms with van der Waals surface area (Å²) in [4.78, 5) is 12.4. The predicted molar refractivity (Wildman–Crippen MR) is 121 cm³/mol. The molecule has 3 aromatic rings. The monoisotopic (exact) mass is 411 g/mol. The first-order chi connectivity index (χ1) is 15.0. The van der Waals surface area contributed by atoms with Crippen LogP contribution in [0.15, 0.2) is 60.7 Å². The second-order valence-corrected chi connectivity index (χ2v) is 7.55. The van der Waals surface area contributed by atoms with Crippen molar-refractivity contribution in [2.45, 2.75) is 19.4 Å². The number of carbonyl (C=O) groups excluding carboxylic acids is 1. The molecule has 0 bridgehead atoms. The molecule has 1 amide bonds. The van der Waals surface area contributed by atoms with E-state index in [1.54, 1.807) is 12.1 Å². The summed E-state index contributed by atoms with van der Waals surface area (Å²) < 4.78 is 5.55. The second-order valence-electron chi connectivity index (χ2n) is 7.55.